The highest BCUT2D eigenvalue weighted by Crippen LogP contribution is 2.48. The van der Waals surface area contributed by atoms with Crippen LogP contribution in [-0.2, 0) is 9.53 Å². The van der Waals surface area contributed by atoms with Gasteiger partial charge in [-0.2, -0.15) is 10.5 Å². The standard InChI is InChI=1S/C20H22N4O3S/c1-4-20(5-2)18(26-13(3)25)17(24-8-9-28-19(24)23-12-22)15-10-14(11-21)6-7-16(15)27-20/h6-7,10,17-18H,4-5,8-9H2,1-3H3. The van der Waals surface area contributed by atoms with Crippen LogP contribution in [0.2, 0.25) is 0 Å². The van der Waals surface area contributed by atoms with E-state index in [1.165, 1.54) is 18.7 Å². The molecule has 2 aliphatic heterocycles. The van der Waals surface area contributed by atoms with Crippen LogP contribution in [-0.4, -0.2) is 40.0 Å². The summed E-state index contributed by atoms with van der Waals surface area (Å²) in [5.74, 6) is 1.06. The highest BCUT2D eigenvalue weighted by Gasteiger charge is 2.53. The number of nitriles is 2. The van der Waals surface area contributed by atoms with E-state index in [0.717, 1.165) is 11.3 Å². The molecule has 0 spiro atoms. The molecule has 7 nitrogen and oxygen atoms in total. The summed E-state index contributed by atoms with van der Waals surface area (Å²) in [6.45, 7) is 6.06. The number of hydrogen-bond acceptors (Lipinski definition) is 7. The van der Waals surface area contributed by atoms with Crippen LogP contribution in [0.15, 0.2) is 23.2 Å². The molecular formula is C20H22N4O3S. The SMILES string of the molecule is CCC1(CC)Oc2ccc(C#N)cc2C(N2CCSC2=NC#N)C1OC(C)=O. The summed E-state index contributed by atoms with van der Waals surface area (Å²) >= 11 is 1.50. The van der Waals surface area contributed by atoms with E-state index in [-0.39, 0.29) is 6.04 Å². The molecule has 0 radical (unpaired) electrons. The number of esters is 1. The first kappa shape index (κ1) is 20.0. The maximum absolute atomic E-state index is 12.0. The van der Waals surface area contributed by atoms with E-state index in [1.54, 1.807) is 18.2 Å². The molecule has 8 heteroatoms. The normalized spacial score (nSPS) is 24.0. The molecule has 3 rings (SSSR count). The average Bonchev–Trinajstić information content (AvgIpc) is 3.14. The van der Waals surface area contributed by atoms with Crippen LogP contribution < -0.4 is 4.74 Å². The van der Waals surface area contributed by atoms with Crippen LogP contribution in [0, 0.1) is 22.8 Å². The van der Waals surface area contributed by atoms with Crippen LogP contribution >= 0.6 is 11.8 Å². The third-order valence-corrected chi connectivity index (χ3v) is 6.33. The van der Waals surface area contributed by atoms with Gasteiger partial charge >= 0.3 is 5.97 Å². The van der Waals surface area contributed by atoms with Crippen LogP contribution in [0.1, 0.15) is 50.8 Å². The number of aliphatic imine (C=N–C) groups is 1. The molecular weight excluding hydrogens is 376 g/mol. The van der Waals surface area contributed by atoms with Crippen molar-refractivity contribution in [2.75, 3.05) is 12.3 Å². The number of hydrogen-bond donors (Lipinski definition) is 0. The van der Waals surface area contributed by atoms with Gasteiger partial charge < -0.3 is 14.4 Å². The molecule has 2 atom stereocenters. The number of carbonyl (C=O) groups is 1. The molecule has 2 aliphatic rings. The zero-order valence-electron chi connectivity index (χ0n) is 16.1. The van der Waals surface area contributed by atoms with Gasteiger partial charge in [-0.15, -0.1) is 4.99 Å². The van der Waals surface area contributed by atoms with Gasteiger partial charge in [-0.05, 0) is 31.0 Å². The van der Waals surface area contributed by atoms with Crippen molar-refractivity contribution < 1.29 is 14.3 Å². The topological polar surface area (TPSA) is 98.7 Å². The fourth-order valence-electron chi connectivity index (χ4n) is 3.96. The first-order valence-electron chi connectivity index (χ1n) is 9.26. The van der Waals surface area contributed by atoms with Crippen molar-refractivity contribution in [3.63, 3.8) is 0 Å². The van der Waals surface area contributed by atoms with E-state index < -0.39 is 17.7 Å². The van der Waals surface area contributed by atoms with E-state index >= 15 is 0 Å². The molecule has 0 amide bonds. The van der Waals surface area contributed by atoms with Crippen LogP contribution in [0.3, 0.4) is 0 Å². The minimum absolute atomic E-state index is 0.386. The van der Waals surface area contributed by atoms with Crippen molar-refractivity contribution in [3.8, 4) is 18.0 Å². The minimum Gasteiger partial charge on any atom is -0.483 e. The van der Waals surface area contributed by atoms with Crippen molar-refractivity contribution in [3.05, 3.63) is 29.3 Å². The molecule has 0 bridgehead atoms. The van der Waals surface area contributed by atoms with Gasteiger partial charge in [-0.1, -0.05) is 25.6 Å². The minimum atomic E-state index is -0.706. The maximum Gasteiger partial charge on any atom is 0.303 e. The fourth-order valence-corrected chi connectivity index (χ4v) is 4.91. The van der Waals surface area contributed by atoms with Crippen molar-refractivity contribution in [2.45, 2.75) is 51.4 Å². The van der Waals surface area contributed by atoms with Gasteiger partial charge in [0.25, 0.3) is 0 Å². The first-order valence-corrected chi connectivity index (χ1v) is 10.2. The molecule has 1 aromatic carbocycles. The van der Waals surface area contributed by atoms with Crippen LogP contribution in [0.4, 0.5) is 0 Å². The summed E-state index contributed by atoms with van der Waals surface area (Å²) < 4.78 is 12.2. The Morgan fingerprint density at radius 3 is 2.79 bits per heavy atom. The van der Waals surface area contributed by atoms with Crippen molar-refractivity contribution in [1.29, 1.82) is 10.5 Å². The maximum atomic E-state index is 12.0. The Labute approximate surface area is 168 Å². The number of ether oxygens (including phenoxy) is 2. The van der Waals surface area contributed by atoms with Gasteiger partial charge in [-0.25, -0.2) is 0 Å². The number of fused-ring (bicyclic) bond motifs is 1. The quantitative estimate of drug-likeness (QED) is 0.566. The summed E-state index contributed by atoms with van der Waals surface area (Å²) in [4.78, 5) is 18.0. The van der Waals surface area contributed by atoms with E-state index in [1.807, 2.05) is 24.9 Å². The largest absolute Gasteiger partial charge is 0.483 e. The van der Waals surface area contributed by atoms with Crippen molar-refractivity contribution in [2.24, 2.45) is 4.99 Å². The highest BCUT2D eigenvalue weighted by atomic mass is 32.2. The van der Waals surface area contributed by atoms with E-state index in [4.69, 9.17) is 14.7 Å². The Morgan fingerprint density at radius 2 is 2.18 bits per heavy atom. The average molecular weight is 398 g/mol. The third kappa shape index (κ3) is 3.41. The monoisotopic (exact) mass is 398 g/mol. The zero-order valence-corrected chi connectivity index (χ0v) is 17.0. The number of amidine groups is 1. The lowest BCUT2D eigenvalue weighted by molar-refractivity contribution is -0.172. The van der Waals surface area contributed by atoms with E-state index in [0.29, 0.717) is 35.9 Å². The lowest BCUT2D eigenvalue weighted by Gasteiger charge is -2.49. The molecule has 2 unspecified atom stereocenters. The highest BCUT2D eigenvalue weighted by molar-refractivity contribution is 8.14. The lowest BCUT2D eigenvalue weighted by atomic mass is 9.79. The molecule has 0 saturated carbocycles. The summed E-state index contributed by atoms with van der Waals surface area (Å²) in [5.41, 5.74) is 0.568. The molecule has 2 heterocycles. The molecule has 0 aromatic heterocycles. The summed E-state index contributed by atoms with van der Waals surface area (Å²) in [6.07, 6.45) is 2.55. The predicted octanol–water partition coefficient (Wildman–Crippen LogP) is 3.37. The second kappa shape index (κ2) is 8.12. The Balaban J connectivity index is 2.23. The molecule has 28 heavy (non-hydrogen) atoms. The molecule has 0 aliphatic carbocycles. The zero-order chi connectivity index (χ0) is 20.3. The van der Waals surface area contributed by atoms with Gasteiger partial charge in [0.15, 0.2) is 11.3 Å². The fraction of sp³-hybridized carbons (Fsp3) is 0.500. The Hall–Kier alpha value is -2.71. The number of rotatable bonds is 4. The third-order valence-electron chi connectivity index (χ3n) is 5.36. The number of nitrogens with zero attached hydrogens (tertiary/aromatic N) is 4. The van der Waals surface area contributed by atoms with Gasteiger partial charge in [0.2, 0.25) is 6.19 Å². The van der Waals surface area contributed by atoms with Gasteiger partial charge in [0.1, 0.15) is 17.4 Å². The smallest absolute Gasteiger partial charge is 0.303 e. The van der Waals surface area contributed by atoms with Crippen LogP contribution in [0.25, 0.3) is 0 Å². The Bertz CT molecular complexity index is 882. The number of thioether (sulfide) groups is 1. The number of carbonyl (C=O) groups excluding carboxylic acids is 1. The Kier molecular flexibility index (Phi) is 5.81. The molecule has 1 saturated heterocycles. The van der Waals surface area contributed by atoms with Crippen molar-refractivity contribution >= 4 is 22.9 Å². The van der Waals surface area contributed by atoms with Gasteiger partial charge in [0.05, 0.1) is 11.6 Å². The number of benzene rings is 1. The van der Waals surface area contributed by atoms with Gasteiger partial charge in [-0.3, -0.25) is 4.79 Å². The molecule has 146 valence electrons. The molecule has 1 aromatic rings. The lowest BCUT2D eigenvalue weighted by Crippen LogP contribution is -2.58. The summed E-state index contributed by atoms with van der Waals surface area (Å²) in [7, 11) is 0. The predicted molar refractivity (Wildman–Crippen MR) is 106 cm³/mol. The summed E-state index contributed by atoms with van der Waals surface area (Å²) in [6, 6.07) is 7.07. The second-order valence-corrected chi connectivity index (χ2v) is 7.81. The summed E-state index contributed by atoms with van der Waals surface area (Å²) in [5, 5.41) is 19.1. The molecule has 0 N–H and O–H groups in total. The molecule has 1 fully saturated rings. The van der Waals surface area contributed by atoms with E-state index in [9.17, 15) is 10.1 Å². The van der Waals surface area contributed by atoms with Gasteiger partial charge in [0, 0.05) is 24.8 Å². The van der Waals surface area contributed by atoms with E-state index in [2.05, 4.69) is 11.1 Å². The second-order valence-electron chi connectivity index (χ2n) is 6.75. The first-order chi connectivity index (χ1) is 13.5. The van der Waals surface area contributed by atoms with Crippen LogP contribution in [0.5, 0.6) is 5.75 Å². The van der Waals surface area contributed by atoms with Crippen molar-refractivity contribution in [1.82, 2.24) is 4.90 Å². The Morgan fingerprint density at radius 1 is 1.43 bits per heavy atom.